The van der Waals surface area contributed by atoms with E-state index in [0.29, 0.717) is 37.7 Å². The van der Waals surface area contributed by atoms with Crippen LogP contribution in [0.1, 0.15) is 5.56 Å². The van der Waals surface area contributed by atoms with Crippen molar-refractivity contribution in [2.24, 2.45) is 0 Å². The molecular weight excluding hydrogens is 368 g/mol. The number of anilines is 1. The molecule has 144 valence electrons. The number of nitrogens with zero attached hydrogens (tertiary/aromatic N) is 1. The minimum atomic E-state index is -3.61. The van der Waals surface area contributed by atoms with Gasteiger partial charge in [-0.15, -0.1) is 0 Å². The Hall–Kier alpha value is -2.42. The molecule has 0 spiro atoms. The van der Waals surface area contributed by atoms with Crippen molar-refractivity contribution in [1.29, 1.82) is 0 Å². The fourth-order valence-electron chi connectivity index (χ4n) is 2.72. The lowest BCUT2D eigenvalue weighted by molar-refractivity contribution is -0.118. The average Bonchev–Trinajstić information content (AvgIpc) is 2.67. The van der Waals surface area contributed by atoms with Gasteiger partial charge in [-0.3, -0.25) is 4.79 Å². The van der Waals surface area contributed by atoms with E-state index in [2.05, 4.69) is 5.32 Å². The maximum Gasteiger partial charge on any atom is 0.262 e. The molecule has 27 heavy (non-hydrogen) atoms. The minimum absolute atomic E-state index is 0.141. The van der Waals surface area contributed by atoms with Crippen LogP contribution in [0.2, 0.25) is 0 Å². The molecule has 0 aliphatic carbocycles. The third kappa shape index (κ3) is 5.06. The molecule has 0 atom stereocenters. The van der Waals surface area contributed by atoms with E-state index in [1.54, 1.807) is 18.2 Å². The highest BCUT2D eigenvalue weighted by molar-refractivity contribution is 7.89. The maximum atomic E-state index is 12.7. The number of benzene rings is 2. The van der Waals surface area contributed by atoms with Gasteiger partial charge < -0.3 is 14.8 Å². The van der Waals surface area contributed by atoms with Crippen molar-refractivity contribution < 1.29 is 22.7 Å². The van der Waals surface area contributed by atoms with Crippen molar-refractivity contribution >= 4 is 21.6 Å². The van der Waals surface area contributed by atoms with E-state index in [1.807, 2.05) is 25.1 Å². The molecule has 7 nitrogen and oxygen atoms in total. The first-order valence-electron chi connectivity index (χ1n) is 8.62. The fourth-order valence-corrected chi connectivity index (χ4v) is 4.18. The molecule has 2 aromatic carbocycles. The van der Waals surface area contributed by atoms with Crippen LogP contribution in [0.4, 0.5) is 5.69 Å². The molecule has 0 aromatic heterocycles. The summed E-state index contributed by atoms with van der Waals surface area (Å²) >= 11 is 0. The van der Waals surface area contributed by atoms with Crippen molar-refractivity contribution in [3.63, 3.8) is 0 Å². The van der Waals surface area contributed by atoms with Gasteiger partial charge in [-0.25, -0.2) is 8.42 Å². The van der Waals surface area contributed by atoms with Gasteiger partial charge in [0.1, 0.15) is 5.75 Å². The number of morpholine rings is 1. The van der Waals surface area contributed by atoms with Gasteiger partial charge in [0.05, 0.1) is 18.1 Å². The number of amides is 1. The maximum absolute atomic E-state index is 12.7. The molecule has 3 rings (SSSR count). The van der Waals surface area contributed by atoms with Gasteiger partial charge in [0.15, 0.2) is 6.61 Å². The Morgan fingerprint density at radius 3 is 2.63 bits per heavy atom. The highest BCUT2D eigenvalue weighted by atomic mass is 32.2. The molecule has 8 heteroatoms. The summed E-state index contributed by atoms with van der Waals surface area (Å²) in [6, 6.07) is 13.6. The Morgan fingerprint density at radius 2 is 1.89 bits per heavy atom. The first-order valence-corrected chi connectivity index (χ1v) is 10.1. The smallest absolute Gasteiger partial charge is 0.262 e. The predicted molar refractivity (Wildman–Crippen MR) is 101 cm³/mol. The second-order valence-electron chi connectivity index (χ2n) is 6.20. The molecule has 1 aliphatic heterocycles. The zero-order valence-electron chi connectivity index (χ0n) is 15.1. The van der Waals surface area contributed by atoms with Crippen LogP contribution in [0, 0.1) is 6.92 Å². The third-order valence-electron chi connectivity index (χ3n) is 4.09. The monoisotopic (exact) mass is 390 g/mol. The Morgan fingerprint density at radius 1 is 1.15 bits per heavy atom. The first-order chi connectivity index (χ1) is 12.9. The van der Waals surface area contributed by atoms with Gasteiger partial charge >= 0.3 is 0 Å². The van der Waals surface area contributed by atoms with Crippen LogP contribution < -0.4 is 10.1 Å². The largest absolute Gasteiger partial charge is 0.484 e. The molecule has 0 bridgehead atoms. The highest BCUT2D eigenvalue weighted by Gasteiger charge is 2.26. The third-order valence-corrected chi connectivity index (χ3v) is 5.98. The van der Waals surface area contributed by atoms with Gasteiger partial charge in [0.2, 0.25) is 10.0 Å². The normalized spacial score (nSPS) is 15.3. The van der Waals surface area contributed by atoms with Crippen LogP contribution in [0.25, 0.3) is 0 Å². The number of hydrogen-bond donors (Lipinski definition) is 1. The number of nitrogens with one attached hydrogen (secondary N) is 1. The van der Waals surface area contributed by atoms with Crippen molar-refractivity contribution in [2.45, 2.75) is 11.8 Å². The number of carbonyl (C=O) groups excluding carboxylic acids is 1. The van der Waals surface area contributed by atoms with Crippen LogP contribution in [0.15, 0.2) is 53.4 Å². The summed E-state index contributed by atoms with van der Waals surface area (Å²) in [6.07, 6.45) is 0. The summed E-state index contributed by atoms with van der Waals surface area (Å²) in [7, 11) is -3.61. The number of rotatable bonds is 6. The molecule has 1 heterocycles. The van der Waals surface area contributed by atoms with E-state index < -0.39 is 10.0 Å². The lowest BCUT2D eigenvalue weighted by Gasteiger charge is -2.26. The van der Waals surface area contributed by atoms with E-state index in [9.17, 15) is 13.2 Å². The molecule has 0 radical (unpaired) electrons. The number of sulfonamides is 1. The predicted octanol–water partition coefficient (Wildman–Crippen LogP) is 2.03. The number of carbonyl (C=O) groups is 1. The van der Waals surface area contributed by atoms with Gasteiger partial charge in [-0.1, -0.05) is 18.2 Å². The van der Waals surface area contributed by atoms with Crippen molar-refractivity contribution in [3.8, 4) is 5.75 Å². The number of hydrogen-bond acceptors (Lipinski definition) is 5. The van der Waals surface area contributed by atoms with Gasteiger partial charge in [0, 0.05) is 18.8 Å². The second kappa shape index (κ2) is 8.51. The van der Waals surface area contributed by atoms with Crippen molar-refractivity contribution in [3.05, 3.63) is 54.1 Å². The summed E-state index contributed by atoms with van der Waals surface area (Å²) in [4.78, 5) is 12.3. The van der Waals surface area contributed by atoms with Crippen LogP contribution in [-0.2, 0) is 19.6 Å². The SMILES string of the molecule is Cc1cccc(OCC(=O)Nc2cccc(S(=O)(=O)N3CCOCC3)c2)c1. The minimum Gasteiger partial charge on any atom is -0.484 e. The average molecular weight is 390 g/mol. The molecule has 2 aromatic rings. The van der Waals surface area contributed by atoms with Crippen LogP contribution in [0.5, 0.6) is 5.75 Å². The van der Waals surface area contributed by atoms with Crippen molar-refractivity contribution in [2.75, 3.05) is 38.2 Å². The van der Waals surface area contributed by atoms with Crippen LogP contribution in [-0.4, -0.2) is 51.5 Å². The molecule has 1 aliphatic rings. The molecule has 1 amide bonds. The summed E-state index contributed by atoms with van der Waals surface area (Å²) in [5.74, 6) is 0.242. The Labute approximate surface area is 158 Å². The Balaban J connectivity index is 1.64. The first kappa shape index (κ1) is 19.3. The van der Waals surface area contributed by atoms with Crippen LogP contribution in [0.3, 0.4) is 0 Å². The molecule has 1 saturated heterocycles. The standard InChI is InChI=1S/C19H22N2O5S/c1-15-4-2-6-17(12-15)26-14-19(22)20-16-5-3-7-18(13-16)27(23,24)21-8-10-25-11-9-21/h2-7,12-13H,8-11,14H2,1H3,(H,20,22). The summed E-state index contributed by atoms with van der Waals surface area (Å²) in [5.41, 5.74) is 1.44. The number of aryl methyl sites for hydroxylation is 1. The Bertz CT molecular complexity index is 908. The lowest BCUT2D eigenvalue weighted by Crippen LogP contribution is -2.40. The van der Waals surface area contributed by atoms with E-state index in [0.717, 1.165) is 5.56 Å². The second-order valence-corrected chi connectivity index (χ2v) is 8.14. The zero-order valence-corrected chi connectivity index (χ0v) is 15.9. The molecular formula is C19H22N2O5S. The molecule has 0 saturated carbocycles. The van der Waals surface area contributed by atoms with Gasteiger partial charge in [-0.2, -0.15) is 4.31 Å². The zero-order chi connectivity index (χ0) is 19.3. The van der Waals surface area contributed by atoms with E-state index >= 15 is 0 Å². The topological polar surface area (TPSA) is 84.9 Å². The molecule has 0 unspecified atom stereocenters. The van der Waals surface area contributed by atoms with Crippen molar-refractivity contribution in [1.82, 2.24) is 4.31 Å². The summed E-state index contributed by atoms with van der Waals surface area (Å²) in [5, 5.41) is 2.67. The van der Waals surface area contributed by atoms with Gasteiger partial charge in [-0.05, 0) is 42.8 Å². The van der Waals surface area contributed by atoms with Gasteiger partial charge in [0.25, 0.3) is 5.91 Å². The fraction of sp³-hybridized carbons (Fsp3) is 0.316. The highest BCUT2D eigenvalue weighted by Crippen LogP contribution is 2.20. The number of ether oxygens (including phenoxy) is 2. The Kier molecular flexibility index (Phi) is 6.10. The van der Waals surface area contributed by atoms with E-state index in [1.165, 1.54) is 16.4 Å². The van der Waals surface area contributed by atoms with E-state index in [4.69, 9.17) is 9.47 Å². The van der Waals surface area contributed by atoms with Crippen LogP contribution >= 0.6 is 0 Å². The summed E-state index contributed by atoms with van der Waals surface area (Å²) in [6.45, 7) is 3.18. The summed E-state index contributed by atoms with van der Waals surface area (Å²) < 4.78 is 37.5. The quantitative estimate of drug-likeness (QED) is 0.816. The molecule has 1 N–H and O–H groups in total. The lowest BCUT2D eigenvalue weighted by atomic mass is 10.2. The molecule has 1 fully saturated rings. The van der Waals surface area contributed by atoms with E-state index in [-0.39, 0.29) is 17.4 Å².